The number of benzene rings is 2. The molecule has 14 nitrogen and oxygen atoms in total. The van der Waals surface area contributed by atoms with Crippen molar-refractivity contribution in [3.05, 3.63) is 83.1 Å². The van der Waals surface area contributed by atoms with Gasteiger partial charge in [0.15, 0.2) is 0 Å². The van der Waals surface area contributed by atoms with E-state index in [2.05, 4.69) is 49.0 Å². The van der Waals surface area contributed by atoms with Gasteiger partial charge in [-0.05, 0) is 51.2 Å². The van der Waals surface area contributed by atoms with Gasteiger partial charge in [0.1, 0.15) is 10.7 Å². The zero-order valence-corrected chi connectivity index (χ0v) is 31.6. The number of nitro groups is 2. The highest BCUT2D eigenvalue weighted by atomic mass is 35.5. The Hall–Kier alpha value is -3.47. The van der Waals surface area contributed by atoms with E-state index >= 15 is 0 Å². The highest BCUT2D eigenvalue weighted by Gasteiger charge is 2.25. The molecule has 3 N–H and O–H groups in total. The summed E-state index contributed by atoms with van der Waals surface area (Å²) in [5.74, 6) is 0. The second-order valence-electron chi connectivity index (χ2n) is 12.8. The largest absolute Gasteiger partial charge is 0.378 e. The molecule has 17 heteroatoms. The van der Waals surface area contributed by atoms with Crippen LogP contribution in [0.3, 0.4) is 0 Å². The van der Waals surface area contributed by atoms with Crippen LogP contribution in [0.15, 0.2) is 36.4 Å². The van der Waals surface area contributed by atoms with E-state index < -0.39 is 9.85 Å². The summed E-state index contributed by atoms with van der Waals surface area (Å²) in [6, 6.07) is 11.0. The number of fused-ring (bicyclic) bond motifs is 2. The van der Waals surface area contributed by atoms with Crippen molar-refractivity contribution in [2.75, 3.05) is 97.9 Å². The van der Waals surface area contributed by atoms with E-state index in [-0.39, 0.29) is 26.7 Å². The van der Waals surface area contributed by atoms with Crippen LogP contribution >= 0.6 is 34.8 Å². The first-order chi connectivity index (χ1) is 24.3. The Morgan fingerprint density at radius 2 is 1.18 bits per heavy atom. The molecular formula is C34H45Cl3N10O4. The maximum Gasteiger partial charge on any atom is 0.329 e. The van der Waals surface area contributed by atoms with Gasteiger partial charge in [-0.25, -0.2) is 9.97 Å². The quantitative estimate of drug-likeness (QED) is 0.128. The number of aryl methyl sites for hydroxylation is 2. The molecule has 0 radical (unpaired) electrons. The number of likely N-dealkylation sites (N-methyl/N-ethyl adjacent to an activating group) is 2. The highest BCUT2D eigenvalue weighted by Crippen LogP contribution is 2.38. The second-order valence-corrected chi connectivity index (χ2v) is 13.8. The second kappa shape index (κ2) is 18.9. The summed E-state index contributed by atoms with van der Waals surface area (Å²) in [6.45, 7) is 16.0. The van der Waals surface area contributed by atoms with Gasteiger partial charge in [-0.3, -0.25) is 30.0 Å². The minimum absolute atomic E-state index is 0.0278. The van der Waals surface area contributed by atoms with Gasteiger partial charge in [0.25, 0.3) is 0 Å². The third-order valence-electron chi connectivity index (χ3n) is 8.82. The van der Waals surface area contributed by atoms with Gasteiger partial charge in [0.05, 0.1) is 20.9 Å². The molecule has 6 rings (SSSR count). The lowest BCUT2D eigenvalue weighted by Crippen LogP contribution is -2.45. The summed E-state index contributed by atoms with van der Waals surface area (Å²) in [6.07, 6.45) is 0. The van der Waals surface area contributed by atoms with Crippen LogP contribution in [0.25, 0.3) is 21.8 Å². The lowest BCUT2D eigenvalue weighted by atomic mass is 10.1. The smallest absolute Gasteiger partial charge is 0.329 e. The zero-order chi connectivity index (χ0) is 37.2. The average molecular weight is 764 g/mol. The van der Waals surface area contributed by atoms with Crippen molar-refractivity contribution >= 4 is 73.7 Å². The summed E-state index contributed by atoms with van der Waals surface area (Å²) in [7, 11) is 4.28. The monoisotopic (exact) mass is 762 g/mol. The number of anilines is 1. The summed E-state index contributed by atoms with van der Waals surface area (Å²) in [4.78, 5) is 38.7. The summed E-state index contributed by atoms with van der Waals surface area (Å²) in [5.41, 5.74) is 8.63. The molecule has 2 aromatic carbocycles. The van der Waals surface area contributed by atoms with Crippen molar-refractivity contribution in [1.82, 2.24) is 29.6 Å². The van der Waals surface area contributed by atoms with Gasteiger partial charge in [0.2, 0.25) is 10.3 Å². The molecule has 0 atom stereocenters. The number of hydrogen-bond donors (Lipinski definition) is 2. The first-order valence-electron chi connectivity index (χ1n) is 16.7. The van der Waals surface area contributed by atoms with Crippen molar-refractivity contribution in [2.24, 2.45) is 5.73 Å². The Labute approximate surface area is 312 Å². The summed E-state index contributed by atoms with van der Waals surface area (Å²) < 4.78 is 0. The lowest BCUT2D eigenvalue weighted by molar-refractivity contribution is -0.384. The SMILES string of the molecule is CN1CCN(CCN)CC1.Cc1ccc2c(Cl)c([N+](=O)[O-])c(Cl)nc2c1.Cc1ccc2c(NCCN3CCN(C)CC3)c([N+](=O)[O-])c(Cl)nc2c1. The molecule has 2 fully saturated rings. The van der Waals surface area contributed by atoms with Crippen LogP contribution in [-0.4, -0.2) is 132 Å². The number of pyridine rings is 2. The average Bonchev–Trinajstić information content (AvgIpc) is 3.06. The molecular weight excluding hydrogens is 719 g/mol. The highest BCUT2D eigenvalue weighted by molar-refractivity contribution is 6.41. The molecule has 0 spiro atoms. The molecule has 51 heavy (non-hydrogen) atoms. The van der Waals surface area contributed by atoms with Gasteiger partial charge >= 0.3 is 11.4 Å². The molecule has 0 bridgehead atoms. The van der Waals surface area contributed by atoms with Crippen LogP contribution in [0.1, 0.15) is 11.1 Å². The van der Waals surface area contributed by atoms with Crippen molar-refractivity contribution in [2.45, 2.75) is 13.8 Å². The van der Waals surface area contributed by atoms with Crippen LogP contribution in [-0.2, 0) is 0 Å². The van der Waals surface area contributed by atoms with E-state index in [9.17, 15) is 20.2 Å². The maximum atomic E-state index is 11.5. The van der Waals surface area contributed by atoms with Gasteiger partial charge in [0, 0.05) is 89.3 Å². The molecule has 2 aliphatic rings. The first kappa shape index (κ1) is 40.3. The Bertz CT molecular complexity index is 1830. The fourth-order valence-electron chi connectivity index (χ4n) is 5.80. The number of piperazine rings is 2. The predicted molar refractivity (Wildman–Crippen MR) is 207 cm³/mol. The van der Waals surface area contributed by atoms with Gasteiger partial charge < -0.3 is 20.9 Å². The number of nitrogens with one attached hydrogen (secondary N) is 1. The number of rotatable bonds is 8. The van der Waals surface area contributed by atoms with Crippen LogP contribution in [0.5, 0.6) is 0 Å². The minimum Gasteiger partial charge on any atom is -0.378 e. The molecule has 0 amide bonds. The van der Waals surface area contributed by atoms with Gasteiger partial charge in [-0.2, -0.15) is 0 Å². The van der Waals surface area contributed by atoms with E-state index in [4.69, 9.17) is 40.5 Å². The summed E-state index contributed by atoms with van der Waals surface area (Å²) >= 11 is 17.7. The topological polar surface area (TPSA) is 163 Å². The van der Waals surface area contributed by atoms with E-state index in [1.54, 1.807) is 12.1 Å². The van der Waals surface area contributed by atoms with E-state index in [0.717, 1.165) is 62.3 Å². The van der Waals surface area contributed by atoms with Crippen molar-refractivity contribution < 1.29 is 9.85 Å². The van der Waals surface area contributed by atoms with Crippen LogP contribution in [0.2, 0.25) is 15.3 Å². The van der Waals surface area contributed by atoms with Crippen molar-refractivity contribution in [3.8, 4) is 0 Å². The van der Waals surface area contributed by atoms with E-state index in [1.165, 1.54) is 26.2 Å². The first-order valence-corrected chi connectivity index (χ1v) is 17.8. The molecule has 4 aromatic rings. The van der Waals surface area contributed by atoms with Gasteiger partial charge in [-0.1, -0.05) is 59.1 Å². The van der Waals surface area contributed by atoms with E-state index in [1.807, 2.05) is 38.1 Å². The molecule has 0 saturated carbocycles. The van der Waals surface area contributed by atoms with Crippen LogP contribution in [0, 0.1) is 34.1 Å². The molecule has 2 aliphatic heterocycles. The fourth-order valence-corrected chi connectivity index (χ4v) is 6.67. The van der Waals surface area contributed by atoms with Crippen LogP contribution in [0.4, 0.5) is 17.1 Å². The Kier molecular flexibility index (Phi) is 14.9. The number of nitrogens with two attached hydrogens (primary N) is 1. The zero-order valence-electron chi connectivity index (χ0n) is 29.4. The minimum atomic E-state index is -0.628. The number of hydrogen-bond acceptors (Lipinski definition) is 12. The lowest BCUT2D eigenvalue weighted by Gasteiger charge is -2.32. The number of aromatic nitrogens is 2. The molecule has 276 valence electrons. The van der Waals surface area contributed by atoms with Crippen molar-refractivity contribution in [1.29, 1.82) is 0 Å². The Morgan fingerprint density at radius 3 is 1.67 bits per heavy atom. The maximum absolute atomic E-state index is 11.5. The molecule has 4 heterocycles. The number of halogens is 3. The molecule has 2 saturated heterocycles. The van der Waals surface area contributed by atoms with Crippen molar-refractivity contribution in [3.63, 3.8) is 0 Å². The normalized spacial score (nSPS) is 15.9. The summed E-state index contributed by atoms with van der Waals surface area (Å²) in [5, 5.41) is 26.5. The molecule has 2 aromatic heterocycles. The standard InChI is InChI=1S/C17H22ClN5O2.C10H6Cl2N2O2.C7H17N3/c1-12-3-4-13-14(11-12)20-17(18)16(23(24)25)15(13)19-5-6-22-9-7-21(2)8-10-22;1-5-2-3-6-7(4-5)13-10(12)9(8(6)11)14(15)16;1-9-4-6-10(3-2-8)7-5-9/h3-4,11H,5-10H2,1-2H3,(H,19,20);2-4H,1H3;2-8H2,1H3. The third-order valence-corrected chi connectivity index (χ3v) is 9.73. The third kappa shape index (κ3) is 11.0. The Morgan fingerprint density at radius 1 is 0.725 bits per heavy atom. The number of nitrogens with zero attached hydrogens (tertiary/aromatic N) is 8. The Balaban J connectivity index is 0.000000191. The molecule has 0 aliphatic carbocycles. The molecule has 0 unspecified atom stereocenters. The fraction of sp³-hybridized carbons (Fsp3) is 0.471. The van der Waals surface area contributed by atoms with E-state index in [0.29, 0.717) is 28.7 Å². The predicted octanol–water partition coefficient (Wildman–Crippen LogP) is 5.71. The van der Waals surface area contributed by atoms with Crippen LogP contribution < -0.4 is 11.1 Å². The van der Waals surface area contributed by atoms with Gasteiger partial charge in [-0.15, -0.1) is 0 Å².